The van der Waals surface area contributed by atoms with Crippen LogP contribution in [-0.4, -0.2) is 22.2 Å². The zero-order chi connectivity index (χ0) is 27.9. The van der Waals surface area contributed by atoms with E-state index in [1.807, 2.05) is 0 Å². The number of nitrogens with one attached hydrogen (secondary N) is 1. The van der Waals surface area contributed by atoms with Gasteiger partial charge in [-0.15, -0.1) is 0 Å². The maximum absolute atomic E-state index is 13.7. The molecule has 1 N–H and O–H groups in total. The van der Waals surface area contributed by atoms with Crippen LogP contribution in [0.3, 0.4) is 0 Å². The Hall–Kier alpha value is -3.84. The van der Waals surface area contributed by atoms with E-state index in [0.29, 0.717) is 18.2 Å². The van der Waals surface area contributed by atoms with Gasteiger partial charge in [-0.1, -0.05) is 23.4 Å². The molecule has 1 aromatic heterocycles. The molecule has 14 heteroatoms. The van der Waals surface area contributed by atoms with Gasteiger partial charge < -0.3 is 9.84 Å². The molecule has 1 aliphatic carbocycles. The van der Waals surface area contributed by atoms with E-state index < -0.39 is 52.7 Å². The maximum Gasteiger partial charge on any atom is 0.417 e. The van der Waals surface area contributed by atoms with Gasteiger partial charge in [-0.25, -0.2) is 0 Å². The number of hydrogen-bond donors (Lipinski definition) is 1. The van der Waals surface area contributed by atoms with E-state index in [2.05, 4.69) is 10.1 Å². The standard InChI is InChI=1S/C24H16F9N3O2/c25-22(26,27)15-3-1-2-14(11-15)19(24(31,32)33)34-18(37)9-5-12-4-8-16(17(10-12)23(28,29)30)20-35-21(38-36-20)13-6-7-13/h1-5,8-11,13,19H,6-7H2,(H,34,37). The number of nitrogens with zero attached hydrogens (tertiary/aromatic N) is 2. The second kappa shape index (κ2) is 9.80. The second-order valence-corrected chi connectivity index (χ2v) is 8.47. The predicted octanol–water partition coefficient (Wildman–Crippen LogP) is 7.08. The SMILES string of the molecule is O=C(C=Cc1ccc(-c2noc(C3CC3)n2)c(C(F)(F)F)c1)NC(c1cccc(C(F)(F)F)c1)C(F)(F)F. The zero-order valence-electron chi connectivity index (χ0n) is 18.9. The Labute approximate surface area is 208 Å². The fourth-order valence-corrected chi connectivity index (χ4v) is 3.55. The summed E-state index contributed by atoms with van der Waals surface area (Å²) in [5.41, 5.74) is -3.97. The van der Waals surface area contributed by atoms with Crippen molar-refractivity contribution < 1.29 is 48.8 Å². The summed E-state index contributed by atoms with van der Waals surface area (Å²) in [4.78, 5) is 16.2. The minimum atomic E-state index is -5.16. The van der Waals surface area contributed by atoms with Gasteiger partial charge in [0.25, 0.3) is 0 Å². The number of carbonyl (C=O) groups excluding carboxylic acids is 1. The Morgan fingerprint density at radius 2 is 1.68 bits per heavy atom. The van der Waals surface area contributed by atoms with E-state index in [0.717, 1.165) is 43.2 Å². The molecule has 1 heterocycles. The molecule has 38 heavy (non-hydrogen) atoms. The number of carbonyl (C=O) groups is 1. The average Bonchev–Trinajstić information content (AvgIpc) is 3.56. The lowest BCUT2D eigenvalue weighted by Gasteiger charge is -2.22. The van der Waals surface area contributed by atoms with Gasteiger partial charge in [0.15, 0.2) is 6.04 Å². The summed E-state index contributed by atoms with van der Waals surface area (Å²) in [5.74, 6) is -1.47. The molecule has 1 amide bonds. The number of hydrogen-bond acceptors (Lipinski definition) is 4. The largest absolute Gasteiger partial charge is 0.417 e. The van der Waals surface area contributed by atoms with E-state index >= 15 is 0 Å². The van der Waals surface area contributed by atoms with Gasteiger partial charge in [0.1, 0.15) is 0 Å². The molecule has 3 aromatic rings. The van der Waals surface area contributed by atoms with Crippen molar-refractivity contribution in [3.05, 3.63) is 76.7 Å². The summed E-state index contributed by atoms with van der Waals surface area (Å²) in [5, 5.41) is 5.14. The fraction of sp³-hybridized carbons (Fsp3) is 0.292. The van der Waals surface area contributed by atoms with Crippen molar-refractivity contribution in [1.82, 2.24) is 15.5 Å². The average molecular weight is 549 g/mol. The normalized spacial score (nSPS) is 15.6. The summed E-state index contributed by atoms with van der Waals surface area (Å²) < 4.78 is 125. The van der Waals surface area contributed by atoms with Crippen LogP contribution in [0.15, 0.2) is 53.1 Å². The molecule has 1 fully saturated rings. The maximum atomic E-state index is 13.7. The van der Waals surface area contributed by atoms with E-state index in [-0.39, 0.29) is 29.3 Å². The lowest BCUT2D eigenvalue weighted by molar-refractivity contribution is -0.162. The highest BCUT2D eigenvalue weighted by Crippen LogP contribution is 2.41. The lowest BCUT2D eigenvalue weighted by atomic mass is 10.0. The summed E-state index contributed by atoms with van der Waals surface area (Å²) in [6.07, 6.45) is -12.0. The van der Waals surface area contributed by atoms with E-state index in [1.54, 1.807) is 5.32 Å². The van der Waals surface area contributed by atoms with Crippen LogP contribution in [0.4, 0.5) is 39.5 Å². The van der Waals surface area contributed by atoms with Crippen molar-refractivity contribution >= 4 is 12.0 Å². The van der Waals surface area contributed by atoms with Crippen LogP contribution < -0.4 is 5.32 Å². The summed E-state index contributed by atoms with van der Waals surface area (Å²) in [6, 6.07) is 2.40. The smallest absolute Gasteiger partial charge is 0.339 e. The first kappa shape index (κ1) is 27.2. The molecule has 0 aliphatic heterocycles. The number of benzene rings is 2. The quantitative estimate of drug-likeness (QED) is 0.264. The molecule has 1 unspecified atom stereocenters. The summed E-state index contributed by atoms with van der Waals surface area (Å²) in [7, 11) is 0. The molecule has 2 aromatic carbocycles. The van der Waals surface area contributed by atoms with Crippen molar-refractivity contribution in [3.8, 4) is 11.4 Å². The molecule has 1 atom stereocenters. The lowest BCUT2D eigenvalue weighted by Crippen LogP contribution is -2.37. The Morgan fingerprint density at radius 3 is 2.29 bits per heavy atom. The number of rotatable bonds is 6. The first-order valence-electron chi connectivity index (χ1n) is 10.9. The van der Waals surface area contributed by atoms with E-state index in [4.69, 9.17) is 4.52 Å². The van der Waals surface area contributed by atoms with Crippen molar-refractivity contribution in [3.63, 3.8) is 0 Å². The number of aromatic nitrogens is 2. The van der Waals surface area contributed by atoms with Crippen LogP contribution in [0.25, 0.3) is 17.5 Å². The van der Waals surface area contributed by atoms with Crippen LogP contribution in [-0.2, 0) is 17.1 Å². The van der Waals surface area contributed by atoms with Gasteiger partial charge in [-0.3, -0.25) is 4.79 Å². The first-order valence-corrected chi connectivity index (χ1v) is 10.9. The van der Waals surface area contributed by atoms with E-state index in [9.17, 15) is 44.3 Å². The van der Waals surface area contributed by atoms with Crippen LogP contribution >= 0.6 is 0 Å². The monoisotopic (exact) mass is 549 g/mol. The van der Waals surface area contributed by atoms with Gasteiger partial charge in [-0.05, 0) is 54.3 Å². The third kappa shape index (κ3) is 6.34. The highest BCUT2D eigenvalue weighted by atomic mass is 19.4. The molecule has 4 rings (SSSR count). The summed E-state index contributed by atoms with van der Waals surface area (Å²) >= 11 is 0. The van der Waals surface area contributed by atoms with Crippen molar-refractivity contribution in [2.75, 3.05) is 0 Å². The summed E-state index contributed by atoms with van der Waals surface area (Å²) in [6.45, 7) is 0. The Kier molecular flexibility index (Phi) is 7.01. The third-order valence-electron chi connectivity index (χ3n) is 5.55. The van der Waals surface area contributed by atoms with Crippen molar-refractivity contribution in [1.29, 1.82) is 0 Å². The number of amides is 1. The molecular weight excluding hydrogens is 533 g/mol. The highest BCUT2D eigenvalue weighted by molar-refractivity contribution is 5.92. The topological polar surface area (TPSA) is 68.0 Å². The predicted molar refractivity (Wildman–Crippen MR) is 114 cm³/mol. The van der Waals surface area contributed by atoms with Crippen LogP contribution in [0.5, 0.6) is 0 Å². The number of halogens is 9. The van der Waals surface area contributed by atoms with E-state index in [1.165, 1.54) is 0 Å². The molecule has 202 valence electrons. The Balaban J connectivity index is 1.56. The molecule has 0 saturated heterocycles. The number of alkyl halides is 9. The minimum absolute atomic E-state index is 0.00256. The van der Waals surface area contributed by atoms with Crippen LogP contribution in [0.1, 0.15) is 52.9 Å². The molecular formula is C24H16F9N3O2. The molecule has 0 bridgehead atoms. The first-order chi connectivity index (χ1) is 17.6. The highest BCUT2D eigenvalue weighted by Gasteiger charge is 2.43. The molecule has 1 saturated carbocycles. The van der Waals surface area contributed by atoms with Crippen molar-refractivity contribution in [2.24, 2.45) is 0 Å². The molecule has 0 spiro atoms. The zero-order valence-corrected chi connectivity index (χ0v) is 18.9. The fourth-order valence-electron chi connectivity index (χ4n) is 3.55. The van der Waals surface area contributed by atoms with Gasteiger partial charge >= 0.3 is 18.5 Å². The Bertz CT molecular complexity index is 1350. The Morgan fingerprint density at radius 1 is 0.974 bits per heavy atom. The van der Waals surface area contributed by atoms with Gasteiger partial charge in [0.2, 0.25) is 17.6 Å². The minimum Gasteiger partial charge on any atom is -0.339 e. The van der Waals surface area contributed by atoms with Gasteiger partial charge in [-0.2, -0.15) is 44.5 Å². The second-order valence-electron chi connectivity index (χ2n) is 8.47. The van der Waals surface area contributed by atoms with Gasteiger partial charge in [0, 0.05) is 17.6 Å². The van der Waals surface area contributed by atoms with Gasteiger partial charge in [0.05, 0.1) is 11.1 Å². The van der Waals surface area contributed by atoms with Crippen LogP contribution in [0, 0.1) is 0 Å². The molecule has 5 nitrogen and oxygen atoms in total. The van der Waals surface area contributed by atoms with Crippen LogP contribution in [0.2, 0.25) is 0 Å². The molecule has 0 radical (unpaired) electrons. The third-order valence-corrected chi connectivity index (χ3v) is 5.55. The molecule has 1 aliphatic rings. The van der Waals surface area contributed by atoms with Crippen molar-refractivity contribution in [2.45, 2.75) is 43.3 Å².